The van der Waals surface area contributed by atoms with E-state index in [0.717, 1.165) is 27.1 Å². The first-order valence-electron chi connectivity index (χ1n) is 6.83. The summed E-state index contributed by atoms with van der Waals surface area (Å²) in [5.41, 5.74) is 2.49. The fourth-order valence-corrected chi connectivity index (χ4v) is 5.17. The SMILES string of the molecule is CN(Cc1ccccc1Br)C(=O)c1cc2c(s1)CCSC2. The van der Waals surface area contributed by atoms with Gasteiger partial charge in [0.25, 0.3) is 5.91 Å². The average molecular weight is 382 g/mol. The zero-order valence-electron chi connectivity index (χ0n) is 11.8. The molecule has 0 saturated carbocycles. The van der Waals surface area contributed by atoms with Crippen LogP contribution in [0.25, 0.3) is 0 Å². The van der Waals surface area contributed by atoms with Gasteiger partial charge in [0.1, 0.15) is 0 Å². The number of thiophene rings is 1. The lowest BCUT2D eigenvalue weighted by Gasteiger charge is -2.17. The number of halogens is 1. The Labute approximate surface area is 141 Å². The number of nitrogens with zero attached hydrogens (tertiary/aromatic N) is 1. The summed E-state index contributed by atoms with van der Waals surface area (Å²) in [7, 11) is 1.87. The van der Waals surface area contributed by atoms with Crippen LogP contribution in [0, 0.1) is 0 Å². The maximum Gasteiger partial charge on any atom is 0.263 e. The summed E-state index contributed by atoms with van der Waals surface area (Å²) in [6.45, 7) is 0.623. The molecule has 21 heavy (non-hydrogen) atoms. The molecule has 0 saturated heterocycles. The van der Waals surface area contributed by atoms with E-state index in [-0.39, 0.29) is 5.91 Å². The molecule has 0 aliphatic carbocycles. The van der Waals surface area contributed by atoms with Gasteiger partial charge in [-0.15, -0.1) is 11.3 Å². The maximum absolute atomic E-state index is 12.6. The van der Waals surface area contributed by atoms with Crippen LogP contribution in [-0.4, -0.2) is 23.6 Å². The number of benzene rings is 1. The van der Waals surface area contributed by atoms with E-state index >= 15 is 0 Å². The van der Waals surface area contributed by atoms with E-state index in [1.54, 1.807) is 16.2 Å². The minimum Gasteiger partial charge on any atom is -0.337 e. The Morgan fingerprint density at radius 2 is 2.19 bits per heavy atom. The van der Waals surface area contributed by atoms with E-state index in [0.29, 0.717) is 6.54 Å². The van der Waals surface area contributed by atoms with Gasteiger partial charge in [0, 0.05) is 28.7 Å². The van der Waals surface area contributed by atoms with Gasteiger partial charge in [0.15, 0.2) is 0 Å². The van der Waals surface area contributed by atoms with Crippen molar-refractivity contribution in [3.63, 3.8) is 0 Å². The summed E-state index contributed by atoms with van der Waals surface area (Å²) in [5, 5.41) is 0. The Balaban J connectivity index is 1.75. The largest absolute Gasteiger partial charge is 0.337 e. The van der Waals surface area contributed by atoms with Crippen molar-refractivity contribution in [3.8, 4) is 0 Å². The highest BCUT2D eigenvalue weighted by atomic mass is 79.9. The van der Waals surface area contributed by atoms with Gasteiger partial charge in [0.2, 0.25) is 0 Å². The van der Waals surface area contributed by atoms with Crippen LogP contribution in [0.5, 0.6) is 0 Å². The molecule has 5 heteroatoms. The number of hydrogen-bond acceptors (Lipinski definition) is 3. The molecular weight excluding hydrogens is 366 g/mol. The molecule has 2 nitrogen and oxygen atoms in total. The van der Waals surface area contributed by atoms with Crippen molar-refractivity contribution in [2.24, 2.45) is 0 Å². The Morgan fingerprint density at radius 1 is 1.38 bits per heavy atom. The number of amides is 1. The Bertz CT molecular complexity index is 645. The normalized spacial score (nSPS) is 13.8. The number of aryl methyl sites for hydroxylation is 1. The molecule has 1 amide bonds. The highest BCUT2D eigenvalue weighted by molar-refractivity contribution is 9.10. The molecule has 0 fully saturated rings. The second-order valence-corrected chi connectivity index (χ2v) is 8.21. The Morgan fingerprint density at radius 3 is 2.95 bits per heavy atom. The fourth-order valence-electron chi connectivity index (χ4n) is 2.39. The first-order valence-corrected chi connectivity index (χ1v) is 9.60. The molecule has 0 N–H and O–H groups in total. The molecule has 0 spiro atoms. The molecule has 1 aromatic carbocycles. The van der Waals surface area contributed by atoms with Crippen molar-refractivity contribution >= 4 is 44.9 Å². The predicted molar refractivity (Wildman–Crippen MR) is 94.1 cm³/mol. The van der Waals surface area contributed by atoms with Gasteiger partial charge in [-0.05, 0) is 35.4 Å². The number of fused-ring (bicyclic) bond motifs is 1. The zero-order valence-corrected chi connectivity index (χ0v) is 15.0. The fraction of sp³-hybridized carbons (Fsp3) is 0.312. The third-order valence-corrected chi connectivity index (χ3v) is 6.56. The first-order chi connectivity index (χ1) is 10.1. The number of hydrogen-bond donors (Lipinski definition) is 0. The molecule has 3 rings (SSSR count). The highest BCUT2D eigenvalue weighted by Gasteiger charge is 2.20. The Kier molecular flexibility index (Phi) is 4.72. The van der Waals surface area contributed by atoms with Crippen LogP contribution in [0.15, 0.2) is 34.8 Å². The van der Waals surface area contributed by atoms with E-state index in [4.69, 9.17) is 0 Å². The molecule has 1 aliphatic heterocycles. The summed E-state index contributed by atoms with van der Waals surface area (Å²) in [4.78, 5) is 16.7. The summed E-state index contributed by atoms with van der Waals surface area (Å²) < 4.78 is 1.05. The second-order valence-electron chi connectivity index (χ2n) is 5.11. The maximum atomic E-state index is 12.6. The lowest BCUT2D eigenvalue weighted by Crippen LogP contribution is -2.25. The summed E-state index contributed by atoms with van der Waals surface area (Å²) in [6.07, 6.45) is 1.10. The number of carbonyl (C=O) groups is 1. The third kappa shape index (κ3) is 3.35. The summed E-state index contributed by atoms with van der Waals surface area (Å²) >= 11 is 7.16. The summed E-state index contributed by atoms with van der Waals surface area (Å²) in [6, 6.07) is 10.1. The molecule has 110 valence electrons. The van der Waals surface area contributed by atoms with Crippen LogP contribution in [0.3, 0.4) is 0 Å². The lowest BCUT2D eigenvalue weighted by atomic mass is 10.2. The molecule has 0 bridgehead atoms. The smallest absolute Gasteiger partial charge is 0.263 e. The van der Waals surface area contributed by atoms with Gasteiger partial charge in [-0.2, -0.15) is 11.8 Å². The van der Waals surface area contributed by atoms with Crippen molar-refractivity contribution in [1.82, 2.24) is 4.90 Å². The molecule has 2 aromatic rings. The number of carbonyl (C=O) groups excluding carboxylic acids is 1. The quantitative estimate of drug-likeness (QED) is 0.775. The third-order valence-electron chi connectivity index (χ3n) is 3.55. The van der Waals surface area contributed by atoms with Crippen molar-refractivity contribution in [3.05, 3.63) is 55.7 Å². The van der Waals surface area contributed by atoms with E-state index in [1.807, 2.05) is 43.1 Å². The molecule has 0 unspecified atom stereocenters. The van der Waals surface area contributed by atoms with Gasteiger partial charge in [-0.3, -0.25) is 4.79 Å². The van der Waals surface area contributed by atoms with E-state index in [2.05, 4.69) is 22.0 Å². The highest BCUT2D eigenvalue weighted by Crippen LogP contribution is 2.32. The van der Waals surface area contributed by atoms with Gasteiger partial charge in [-0.1, -0.05) is 34.1 Å². The van der Waals surface area contributed by atoms with E-state index in [1.165, 1.54) is 16.2 Å². The van der Waals surface area contributed by atoms with Crippen LogP contribution >= 0.6 is 39.0 Å². The van der Waals surface area contributed by atoms with Crippen molar-refractivity contribution < 1.29 is 4.79 Å². The van der Waals surface area contributed by atoms with Gasteiger partial charge < -0.3 is 4.90 Å². The summed E-state index contributed by atoms with van der Waals surface area (Å²) in [5.74, 6) is 2.34. The van der Waals surface area contributed by atoms with Crippen LogP contribution in [0.2, 0.25) is 0 Å². The molecule has 1 aliphatic rings. The van der Waals surface area contributed by atoms with Crippen LogP contribution in [-0.2, 0) is 18.7 Å². The zero-order chi connectivity index (χ0) is 14.8. The van der Waals surface area contributed by atoms with Crippen molar-refractivity contribution in [2.45, 2.75) is 18.7 Å². The molecule has 0 atom stereocenters. The van der Waals surface area contributed by atoms with Crippen LogP contribution in [0.1, 0.15) is 25.7 Å². The van der Waals surface area contributed by atoms with Crippen molar-refractivity contribution in [2.75, 3.05) is 12.8 Å². The minimum absolute atomic E-state index is 0.121. The Hall–Kier alpha value is -0.780. The number of rotatable bonds is 3. The van der Waals surface area contributed by atoms with E-state index < -0.39 is 0 Å². The van der Waals surface area contributed by atoms with E-state index in [9.17, 15) is 4.79 Å². The molecule has 2 heterocycles. The molecule has 1 aromatic heterocycles. The molecule has 0 radical (unpaired) electrons. The van der Waals surface area contributed by atoms with Crippen molar-refractivity contribution in [1.29, 1.82) is 0 Å². The first kappa shape index (κ1) is 15.1. The van der Waals surface area contributed by atoms with Crippen LogP contribution in [0.4, 0.5) is 0 Å². The standard InChI is InChI=1S/C16H16BrNOS2/c1-18(9-11-4-2-3-5-13(11)17)16(19)15-8-12-10-20-7-6-14(12)21-15/h2-5,8H,6-7,9-10H2,1H3. The van der Waals surface area contributed by atoms with Gasteiger partial charge in [0.05, 0.1) is 4.88 Å². The van der Waals surface area contributed by atoms with Gasteiger partial charge >= 0.3 is 0 Å². The number of thioether (sulfide) groups is 1. The average Bonchev–Trinajstić information content (AvgIpc) is 2.92. The second kappa shape index (κ2) is 6.55. The topological polar surface area (TPSA) is 20.3 Å². The lowest BCUT2D eigenvalue weighted by molar-refractivity contribution is 0.0789. The van der Waals surface area contributed by atoms with Gasteiger partial charge in [-0.25, -0.2) is 0 Å². The predicted octanol–water partition coefficient (Wildman–Crippen LogP) is 4.57. The molecular formula is C16H16BrNOS2. The monoisotopic (exact) mass is 381 g/mol. The minimum atomic E-state index is 0.121. The van der Waals surface area contributed by atoms with Crippen LogP contribution < -0.4 is 0 Å².